The van der Waals surface area contributed by atoms with E-state index >= 15 is 0 Å². The van der Waals surface area contributed by atoms with Crippen LogP contribution in [0, 0.1) is 0 Å². The van der Waals surface area contributed by atoms with Gasteiger partial charge in [-0.2, -0.15) is 0 Å². The van der Waals surface area contributed by atoms with Gasteiger partial charge in [-0.1, -0.05) is 5.21 Å². The summed E-state index contributed by atoms with van der Waals surface area (Å²) in [5, 5.41) is 17.6. The highest BCUT2D eigenvalue weighted by molar-refractivity contribution is 5.93. The largest absolute Gasteiger partial charge is 0.481 e. The molecule has 4 N–H and O–H groups in total. The predicted molar refractivity (Wildman–Crippen MR) is 53.7 cm³/mol. The van der Waals surface area contributed by atoms with E-state index in [-0.39, 0.29) is 19.4 Å². The van der Waals surface area contributed by atoms with Crippen molar-refractivity contribution in [1.29, 1.82) is 0 Å². The summed E-state index contributed by atoms with van der Waals surface area (Å²) in [7, 11) is 0. The van der Waals surface area contributed by atoms with Gasteiger partial charge in [-0.05, 0) is 0 Å². The molecule has 0 spiro atoms. The van der Waals surface area contributed by atoms with Gasteiger partial charge in [0.15, 0.2) is 0 Å². The first kappa shape index (κ1) is 12.6. The maximum Gasteiger partial charge on any atom is 0.318 e. The van der Waals surface area contributed by atoms with Gasteiger partial charge in [-0.3, -0.25) is 19.6 Å². The second-order valence-corrected chi connectivity index (χ2v) is 3.21. The molecule has 9 heteroatoms. The van der Waals surface area contributed by atoms with Crippen LogP contribution in [-0.2, 0) is 22.6 Å². The Morgan fingerprint density at radius 2 is 2.18 bits per heavy atom. The van der Waals surface area contributed by atoms with Crippen molar-refractivity contribution in [2.24, 2.45) is 5.73 Å². The third-order valence-corrected chi connectivity index (χ3v) is 1.75. The Morgan fingerprint density at radius 1 is 1.47 bits per heavy atom. The Hall–Kier alpha value is -2.45. The number of imide groups is 1. The second kappa shape index (κ2) is 5.58. The molecule has 1 aromatic heterocycles. The minimum Gasteiger partial charge on any atom is -0.481 e. The van der Waals surface area contributed by atoms with Gasteiger partial charge >= 0.3 is 12.0 Å². The van der Waals surface area contributed by atoms with Crippen molar-refractivity contribution in [2.45, 2.75) is 19.4 Å². The van der Waals surface area contributed by atoms with Crippen molar-refractivity contribution in [1.82, 2.24) is 20.3 Å². The Balaban J connectivity index is 2.42. The van der Waals surface area contributed by atoms with E-state index in [4.69, 9.17) is 10.8 Å². The standard InChI is InChI=1S/C8H11N5O4/c9-8(17)10-6(14)1-2-13-4-5(11-12-13)3-7(15)16/h4H,1-3H2,(H,15,16)(H3,9,10,14,17). The Labute approximate surface area is 95.6 Å². The van der Waals surface area contributed by atoms with E-state index in [2.05, 4.69) is 10.3 Å². The van der Waals surface area contributed by atoms with Crippen LogP contribution < -0.4 is 11.1 Å². The highest BCUT2D eigenvalue weighted by Crippen LogP contribution is 1.96. The van der Waals surface area contributed by atoms with Crippen LogP contribution in [0.5, 0.6) is 0 Å². The summed E-state index contributed by atoms with van der Waals surface area (Å²) >= 11 is 0. The number of carboxylic acid groups (broad SMARTS) is 1. The lowest BCUT2D eigenvalue weighted by molar-refractivity contribution is -0.136. The van der Waals surface area contributed by atoms with E-state index < -0.39 is 17.9 Å². The highest BCUT2D eigenvalue weighted by atomic mass is 16.4. The molecular formula is C8H11N5O4. The zero-order chi connectivity index (χ0) is 12.8. The average molecular weight is 241 g/mol. The van der Waals surface area contributed by atoms with Crippen molar-refractivity contribution in [3.05, 3.63) is 11.9 Å². The molecule has 1 heterocycles. The first-order valence-electron chi connectivity index (χ1n) is 4.67. The smallest absolute Gasteiger partial charge is 0.318 e. The quantitative estimate of drug-likeness (QED) is 0.572. The van der Waals surface area contributed by atoms with E-state index in [1.807, 2.05) is 5.32 Å². The number of primary amides is 1. The third-order valence-electron chi connectivity index (χ3n) is 1.75. The molecule has 0 aliphatic heterocycles. The molecule has 1 aromatic rings. The number of nitrogens with two attached hydrogens (primary N) is 1. The minimum absolute atomic E-state index is 0.00118. The van der Waals surface area contributed by atoms with E-state index in [0.29, 0.717) is 5.69 Å². The van der Waals surface area contributed by atoms with Crippen molar-refractivity contribution in [3.63, 3.8) is 0 Å². The fourth-order valence-electron chi connectivity index (χ4n) is 1.10. The molecule has 0 atom stereocenters. The Kier molecular flexibility index (Phi) is 4.14. The van der Waals surface area contributed by atoms with Crippen molar-refractivity contribution < 1.29 is 19.5 Å². The lowest BCUT2D eigenvalue weighted by Gasteiger charge is -2.00. The van der Waals surface area contributed by atoms with Crippen LogP contribution in [0.3, 0.4) is 0 Å². The normalized spacial score (nSPS) is 9.88. The number of rotatable bonds is 5. The van der Waals surface area contributed by atoms with Gasteiger partial charge in [-0.15, -0.1) is 5.10 Å². The number of aromatic nitrogens is 3. The SMILES string of the molecule is NC(=O)NC(=O)CCn1cc(CC(=O)O)nn1. The lowest BCUT2D eigenvalue weighted by atomic mass is 10.3. The second-order valence-electron chi connectivity index (χ2n) is 3.21. The summed E-state index contributed by atoms with van der Waals surface area (Å²) in [6.45, 7) is 0.186. The summed E-state index contributed by atoms with van der Waals surface area (Å²) in [6, 6.07) is -0.917. The van der Waals surface area contributed by atoms with Gasteiger partial charge in [0.2, 0.25) is 5.91 Å². The molecule has 0 radical (unpaired) electrons. The molecule has 0 saturated carbocycles. The molecule has 0 aliphatic carbocycles. The Bertz CT molecular complexity index is 441. The van der Waals surface area contributed by atoms with Crippen molar-refractivity contribution >= 4 is 17.9 Å². The van der Waals surface area contributed by atoms with Gasteiger partial charge in [-0.25, -0.2) is 4.79 Å². The number of nitrogens with one attached hydrogen (secondary N) is 1. The molecule has 92 valence electrons. The number of carboxylic acids is 1. The van der Waals surface area contributed by atoms with E-state index in [1.54, 1.807) is 0 Å². The van der Waals surface area contributed by atoms with Gasteiger partial charge in [0.25, 0.3) is 0 Å². The summed E-state index contributed by atoms with van der Waals surface area (Å²) in [5.41, 5.74) is 5.05. The van der Waals surface area contributed by atoms with Crippen LogP contribution in [0.1, 0.15) is 12.1 Å². The number of nitrogens with zero attached hydrogens (tertiary/aromatic N) is 3. The lowest BCUT2D eigenvalue weighted by Crippen LogP contribution is -2.35. The highest BCUT2D eigenvalue weighted by Gasteiger charge is 2.08. The van der Waals surface area contributed by atoms with E-state index in [0.717, 1.165) is 0 Å². The zero-order valence-corrected chi connectivity index (χ0v) is 8.79. The summed E-state index contributed by atoms with van der Waals surface area (Å²) in [6.07, 6.45) is 1.19. The zero-order valence-electron chi connectivity index (χ0n) is 8.79. The fourth-order valence-corrected chi connectivity index (χ4v) is 1.10. The fraction of sp³-hybridized carbons (Fsp3) is 0.375. The van der Waals surface area contributed by atoms with E-state index in [9.17, 15) is 14.4 Å². The van der Waals surface area contributed by atoms with Crippen LogP contribution in [0.25, 0.3) is 0 Å². The predicted octanol–water partition coefficient (Wildman–Crippen LogP) is -1.51. The summed E-state index contributed by atoms with van der Waals surface area (Å²) in [5.74, 6) is -1.55. The first-order valence-corrected chi connectivity index (χ1v) is 4.67. The van der Waals surface area contributed by atoms with Gasteiger partial charge < -0.3 is 10.8 Å². The van der Waals surface area contributed by atoms with Crippen LogP contribution in [0.15, 0.2) is 6.20 Å². The molecule has 9 nitrogen and oxygen atoms in total. The molecule has 0 aliphatic rings. The number of urea groups is 1. The maximum atomic E-state index is 11.0. The Morgan fingerprint density at radius 3 is 2.76 bits per heavy atom. The molecular weight excluding hydrogens is 230 g/mol. The first-order chi connectivity index (χ1) is 7.97. The maximum absolute atomic E-state index is 11.0. The van der Waals surface area contributed by atoms with Crippen LogP contribution in [0.2, 0.25) is 0 Å². The molecule has 1 rings (SSSR count). The number of aryl methyl sites for hydroxylation is 1. The molecule has 3 amide bonds. The monoisotopic (exact) mass is 241 g/mol. The number of amides is 3. The topological polar surface area (TPSA) is 140 Å². The number of hydrogen-bond acceptors (Lipinski definition) is 5. The number of aliphatic carboxylic acids is 1. The number of hydrogen-bond donors (Lipinski definition) is 3. The number of carbonyl (C=O) groups excluding carboxylic acids is 2. The van der Waals surface area contributed by atoms with Crippen LogP contribution >= 0.6 is 0 Å². The van der Waals surface area contributed by atoms with Crippen molar-refractivity contribution in [2.75, 3.05) is 0 Å². The van der Waals surface area contributed by atoms with E-state index in [1.165, 1.54) is 10.9 Å². The molecule has 0 aromatic carbocycles. The molecule has 0 saturated heterocycles. The van der Waals surface area contributed by atoms with Gasteiger partial charge in [0.1, 0.15) is 0 Å². The summed E-state index contributed by atoms with van der Waals surface area (Å²) in [4.78, 5) is 31.8. The van der Waals surface area contributed by atoms with Crippen LogP contribution in [-0.4, -0.2) is 38.0 Å². The van der Waals surface area contributed by atoms with Gasteiger partial charge in [0.05, 0.1) is 18.7 Å². The van der Waals surface area contributed by atoms with Crippen molar-refractivity contribution in [3.8, 4) is 0 Å². The molecule has 17 heavy (non-hydrogen) atoms. The minimum atomic E-state index is -1.01. The molecule has 0 bridgehead atoms. The molecule has 0 fully saturated rings. The van der Waals surface area contributed by atoms with Crippen LogP contribution in [0.4, 0.5) is 4.79 Å². The molecule has 0 unspecified atom stereocenters. The third kappa shape index (κ3) is 4.73. The van der Waals surface area contributed by atoms with Gasteiger partial charge in [0, 0.05) is 12.6 Å². The average Bonchev–Trinajstić information content (AvgIpc) is 2.60. The summed E-state index contributed by atoms with van der Waals surface area (Å²) < 4.78 is 1.32. The number of carbonyl (C=O) groups is 3.